The minimum absolute atomic E-state index is 0.0591. The molecule has 0 unspecified atom stereocenters. The molecule has 0 spiro atoms. The van der Waals surface area contributed by atoms with E-state index in [9.17, 15) is 19.6 Å². The lowest BCUT2D eigenvalue weighted by Gasteiger charge is -2.32. The molecule has 0 radical (unpaired) electrons. The van der Waals surface area contributed by atoms with Crippen LogP contribution in [-0.2, 0) is 26.2 Å². The summed E-state index contributed by atoms with van der Waals surface area (Å²) in [7, 11) is 1.46. The van der Waals surface area contributed by atoms with E-state index in [1.807, 2.05) is 6.07 Å². The van der Waals surface area contributed by atoms with Crippen LogP contribution in [0.4, 0.5) is 10.5 Å². The molecule has 0 fully saturated rings. The maximum absolute atomic E-state index is 14.0. The van der Waals surface area contributed by atoms with E-state index in [4.69, 9.17) is 13.9 Å². The van der Waals surface area contributed by atoms with Crippen LogP contribution < -0.4 is 15.8 Å². The van der Waals surface area contributed by atoms with Crippen LogP contribution >= 0.6 is 0 Å². The highest BCUT2D eigenvalue weighted by atomic mass is 16.6. The summed E-state index contributed by atoms with van der Waals surface area (Å²) in [5.41, 5.74) is -1.94. The maximum Gasteiger partial charge on any atom is 0.408 e. The van der Waals surface area contributed by atoms with Crippen molar-refractivity contribution in [3.05, 3.63) is 75.6 Å². The summed E-state index contributed by atoms with van der Waals surface area (Å²) >= 11 is 0. The van der Waals surface area contributed by atoms with E-state index < -0.39 is 28.8 Å². The number of benzene rings is 2. The van der Waals surface area contributed by atoms with Gasteiger partial charge < -0.3 is 19.2 Å². The van der Waals surface area contributed by atoms with Gasteiger partial charge in [0.15, 0.2) is 5.54 Å². The zero-order valence-corrected chi connectivity index (χ0v) is 19.9. The third-order valence-corrected chi connectivity index (χ3v) is 5.71. The Bertz CT molecular complexity index is 1420. The largest absolute Gasteiger partial charge is 0.444 e. The van der Waals surface area contributed by atoms with Gasteiger partial charge >= 0.3 is 11.7 Å². The van der Waals surface area contributed by atoms with Gasteiger partial charge in [-0.25, -0.2) is 9.59 Å². The first-order valence-corrected chi connectivity index (χ1v) is 11.0. The van der Waals surface area contributed by atoms with Gasteiger partial charge in [-0.05, 0) is 38.5 Å². The number of nitriles is 1. The Morgan fingerprint density at radius 1 is 1.14 bits per heavy atom. The maximum atomic E-state index is 14.0. The highest BCUT2D eigenvalue weighted by molar-refractivity contribution is 6.09. The number of hydrogen-bond acceptors (Lipinski definition) is 7. The smallest absolute Gasteiger partial charge is 0.408 e. The second-order valence-electron chi connectivity index (χ2n) is 9.23. The van der Waals surface area contributed by atoms with E-state index >= 15 is 0 Å². The number of rotatable bonds is 5. The number of methoxy groups -OCH3 is 1. The third kappa shape index (κ3) is 4.24. The fourth-order valence-corrected chi connectivity index (χ4v) is 4.37. The normalized spacial score (nSPS) is 17.2. The number of carbonyl (C=O) groups excluding carboxylic acids is 2. The van der Waals surface area contributed by atoms with Crippen LogP contribution in [0.25, 0.3) is 11.0 Å². The van der Waals surface area contributed by atoms with Crippen LogP contribution in [0.2, 0.25) is 0 Å². The number of nitrogens with zero attached hydrogens (tertiary/aromatic N) is 2. The molecule has 1 aliphatic rings. The molecule has 0 saturated heterocycles. The van der Waals surface area contributed by atoms with E-state index in [2.05, 4.69) is 5.32 Å². The number of ether oxygens (including phenoxy) is 2. The van der Waals surface area contributed by atoms with Gasteiger partial charge in [0.2, 0.25) is 0 Å². The molecule has 0 aliphatic carbocycles. The number of hydrogen-bond donors (Lipinski definition) is 1. The second kappa shape index (κ2) is 8.89. The van der Waals surface area contributed by atoms with Crippen molar-refractivity contribution in [3.8, 4) is 6.07 Å². The van der Waals surface area contributed by atoms with E-state index in [-0.39, 0.29) is 29.9 Å². The molecular weight excluding hydrogens is 450 g/mol. The van der Waals surface area contributed by atoms with Crippen molar-refractivity contribution in [2.45, 2.75) is 38.3 Å². The number of alkyl carbamates (subject to hydrolysis) is 1. The SMILES string of the molecule is COCN1C(=O)[C@](Cc2c(C#N)c(=O)oc3ccccc23)(NC(=O)OC(C)(C)C)c2ccccc21. The van der Waals surface area contributed by atoms with E-state index in [1.165, 1.54) is 12.0 Å². The molecule has 1 aromatic heterocycles. The van der Waals surface area contributed by atoms with E-state index in [1.54, 1.807) is 69.3 Å². The van der Waals surface area contributed by atoms with Crippen molar-refractivity contribution in [1.82, 2.24) is 5.32 Å². The molecule has 2 amide bonds. The van der Waals surface area contributed by atoms with Gasteiger partial charge in [0, 0.05) is 24.5 Å². The summed E-state index contributed by atoms with van der Waals surface area (Å²) < 4.78 is 16.1. The van der Waals surface area contributed by atoms with Crippen LogP contribution in [0.3, 0.4) is 0 Å². The molecule has 1 atom stereocenters. The van der Waals surface area contributed by atoms with Crippen LogP contribution in [0.15, 0.2) is 57.7 Å². The summed E-state index contributed by atoms with van der Waals surface area (Å²) in [4.78, 5) is 41.1. The number of para-hydroxylation sites is 2. The zero-order valence-electron chi connectivity index (χ0n) is 19.9. The number of carbonyl (C=O) groups is 2. The van der Waals surface area contributed by atoms with Gasteiger partial charge in [0.05, 0.1) is 5.69 Å². The van der Waals surface area contributed by atoms with Gasteiger partial charge in [-0.15, -0.1) is 0 Å². The second-order valence-corrected chi connectivity index (χ2v) is 9.23. The molecule has 3 aromatic rings. The summed E-state index contributed by atoms with van der Waals surface area (Å²) in [6.45, 7) is 5.08. The minimum Gasteiger partial charge on any atom is -0.444 e. The molecule has 1 N–H and O–H groups in total. The summed E-state index contributed by atoms with van der Waals surface area (Å²) in [6.07, 6.45) is -0.997. The van der Waals surface area contributed by atoms with Gasteiger partial charge in [0.1, 0.15) is 29.5 Å². The lowest BCUT2D eigenvalue weighted by atomic mass is 9.82. The van der Waals surface area contributed by atoms with Crippen molar-refractivity contribution in [2.24, 2.45) is 0 Å². The quantitative estimate of drug-likeness (QED) is 0.560. The Balaban J connectivity index is 1.97. The Morgan fingerprint density at radius 3 is 2.51 bits per heavy atom. The lowest BCUT2D eigenvalue weighted by molar-refractivity contribution is -0.125. The van der Waals surface area contributed by atoms with Crippen LogP contribution in [0.1, 0.15) is 37.5 Å². The number of fused-ring (bicyclic) bond motifs is 2. The predicted molar refractivity (Wildman–Crippen MR) is 128 cm³/mol. The average Bonchev–Trinajstić information content (AvgIpc) is 3.01. The van der Waals surface area contributed by atoms with Gasteiger partial charge in [0.25, 0.3) is 5.91 Å². The number of nitrogens with one attached hydrogen (secondary N) is 1. The molecule has 0 bridgehead atoms. The van der Waals surface area contributed by atoms with Crippen LogP contribution in [-0.4, -0.2) is 31.4 Å². The van der Waals surface area contributed by atoms with E-state index in [0.29, 0.717) is 16.6 Å². The lowest BCUT2D eigenvalue weighted by Crippen LogP contribution is -2.55. The first-order chi connectivity index (χ1) is 16.6. The molecule has 2 heterocycles. The van der Waals surface area contributed by atoms with Crippen LogP contribution in [0.5, 0.6) is 0 Å². The Morgan fingerprint density at radius 2 is 1.83 bits per heavy atom. The highest BCUT2D eigenvalue weighted by Gasteiger charge is 2.53. The number of anilines is 1. The molecular formula is C26H25N3O6. The molecule has 9 heteroatoms. The van der Waals surface area contributed by atoms with Crippen molar-refractivity contribution >= 4 is 28.7 Å². The molecule has 1 aliphatic heterocycles. The molecule has 9 nitrogen and oxygen atoms in total. The first kappa shape index (κ1) is 24.0. The van der Waals surface area contributed by atoms with Crippen molar-refractivity contribution in [3.63, 3.8) is 0 Å². The predicted octanol–water partition coefficient (Wildman–Crippen LogP) is 3.58. The molecule has 180 valence electrons. The number of amides is 2. The molecule has 2 aromatic carbocycles. The van der Waals surface area contributed by atoms with Crippen molar-refractivity contribution < 1.29 is 23.5 Å². The third-order valence-electron chi connectivity index (χ3n) is 5.71. The minimum atomic E-state index is -1.67. The summed E-state index contributed by atoms with van der Waals surface area (Å²) in [6, 6.07) is 15.6. The summed E-state index contributed by atoms with van der Waals surface area (Å²) in [5, 5.41) is 13.1. The zero-order chi connectivity index (χ0) is 25.4. The molecule has 4 rings (SSSR count). The first-order valence-electron chi connectivity index (χ1n) is 11.0. The Kier molecular flexibility index (Phi) is 6.09. The fourth-order valence-electron chi connectivity index (χ4n) is 4.37. The Hall–Kier alpha value is -4.16. The molecule has 0 saturated carbocycles. The summed E-state index contributed by atoms with van der Waals surface area (Å²) in [5.74, 6) is -0.479. The molecule has 35 heavy (non-hydrogen) atoms. The van der Waals surface area contributed by atoms with Crippen molar-refractivity contribution in [2.75, 3.05) is 18.7 Å². The highest BCUT2D eigenvalue weighted by Crippen LogP contribution is 2.43. The average molecular weight is 476 g/mol. The topological polar surface area (TPSA) is 122 Å². The van der Waals surface area contributed by atoms with Crippen LogP contribution in [0, 0.1) is 11.3 Å². The Labute approximate surface area is 201 Å². The fraction of sp³-hybridized carbons (Fsp3) is 0.308. The monoisotopic (exact) mass is 475 g/mol. The van der Waals surface area contributed by atoms with Gasteiger partial charge in [-0.2, -0.15) is 5.26 Å². The van der Waals surface area contributed by atoms with Crippen molar-refractivity contribution in [1.29, 1.82) is 5.26 Å². The van der Waals surface area contributed by atoms with Gasteiger partial charge in [-0.3, -0.25) is 9.69 Å². The van der Waals surface area contributed by atoms with Gasteiger partial charge in [-0.1, -0.05) is 36.4 Å². The standard InChI is InChI=1S/C26H25N3O6/c1-25(2,3)35-24(32)28-26(19-10-6-7-11-20(19)29(15-33-4)23(26)31)13-17-16-9-5-8-12-21(16)34-22(30)18(17)14-27/h5-12H,13,15H2,1-4H3,(H,28,32)/t26-/m1/s1. The van der Waals surface area contributed by atoms with E-state index in [0.717, 1.165) is 0 Å².